The lowest BCUT2D eigenvalue weighted by Gasteiger charge is -2.37. The van der Waals surface area contributed by atoms with Gasteiger partial charge in [0.25, 0.3) is 0 Å². The van der Waals surface area contributed by atoms with Crippen LogP contribution in [0.2, 0.25) is 0 Å². The van der Waals surface area contributed by atoms with Gasteiger partial charge in [-0.2, -0.15) is 0 Å². The van der Waals surface area contributed by atoms with Gasteiger partial charge < -0.3 is 20.5 Å². The number of allylic oxidation sites excluding steroid dienone is 1. The standard InChI is InChI=1S/C20H30N2O3/c1-5-8-15-11-14(12-17(24-3)18(15)25-4)13-22-19(23)16-9-6-7-10-20(16,2)21/h5,11-12,16H,1,6-10,13,21H2,2-4H3,(H,22,23). The first-order valence-corrected chi connectivity index (χ1v) is 8.84. The predicted molar refractivity (Wildman–Crippen MR) is 99.8 cm³/mol. The molecule has 0 aliphatic heterocycles. The van der Waals surface area contributed by atoms with Crippen molar-refractivity contribution in [1.82, 2.24) is 5.32 Å². The van der Waals surface area contributed by atoms with E-state index in [0.29, 0.717) is 24.5 Å². The van der Waals surface area contributed by atoms with Crippen molar-refractivity contribution in [2.24, 2.45) is 11.7 Å². The summed E-state index contributed by atoms with van der Waals surface area (Å²) >= 11 is 0. The summed E-state index contributed by atoms with van der Waals surface area (Å²) in [5.41, 5.74) is 7.87. The summed E-state index contributed by atoms with van der Waals surface area (Å²) in [5.74, 6) is 1.27. The summed E-state index contributed by atoms with van der Waals surface area (Å²) in [4.78, 5) is 12.6. The van der Waals surface area contributed by atoms with E-state index in [1.54, 1.807) is 14.2 Å². The molecule has 1 fully saturated rings. The third-order valence-electron chi connectivity index (χ3n) is 5.02. The predicted octanol–water partition coefficient (Wildman–Crippen LogP) is 2.96. The van der Waals surface area contributed by atoms with E-state index in [0.717, 1.165) is 36.8 Å². The Kier molecular flexibility index (Phi) is 6.48. The number of nitrogens with two attached hydrogens (primary N) is 1. The minimum atomic E-state index is -0.423. The lowest BCUT2D eigenvalue weighted by Crippen LogP contribution is -2.52. The number of hydrogen-bond acceptors (Lipinski definition) is 4. The summed E-state index contributed by atoms with van der Waals surface area (Å²) < 4.78 is 10.9. The Hall–Kier alpha value is -2.01. The molecule has 2 atom stereocenters. The van der Waals surface area contributed by atoms with E-state index in [4.69, 9.17) is 15.2 Å². The number of amides is 1. The molecule has 0 spiro atoms. The van der Waals surface area contributed by atoms with Crippen LogP contribution in [0.4, 0.5) is 0 Å². The fourth-order valence-corrected chi connectivity index (χ4v) is 3.62. The summed E-state index contributed by atoms with van der Waals surface area (Å²) in [7, 11) is 3.23. The van der Waals surface area contributed by atoms with Crippen LogP contribution in [0.25, 0.3) is 0 Å². The Labute approximate surface area is 150 Å². The molecule has 1 aliphatic carbocycles. The average molecular weight is 346 g/mol. The van der Waals surface area contributed by atoms with Gasteiger partial charge in [-0.25, -0.2) is 0 Å². The van der Waals surface area contributed by atoms with Crippen molar-refractivity contribution < 1.29 is 14.3 Å². The number of rotatable bonds is 7. The van der Waals surface area contributed by atoms with Gasteiger partial charge in [0.05, 0.1) is 20.1 Å². The zero-order chi connectivity index (χ0) is 18.4. The molecule has 0 heterocycles. The van der Waals surface area contributed by atoms with E-state index in [9.17, 15) is 4.79 Å². The first kappa shape index (κ1) is 19.3. The van der Waals surface area contributed by atoms with Gasteiger partial charge in [-0.05, 0) is 43.9 Å². The van der Waals surface area contributed by atoms with E-state index in [2.05, 4.69) is 11.9 Å². The molecule has 3 N–H and O–H groups in total. The number of hydrogen-bond donors (Lipinski definition) is 2. The van der Waals surface area contributed by atoms with Crippen LogP contribution in [0, 0.1) is 5.92 Å². The summed E-state index contributed by atoms with van der Waals surface area (Å²) in [6, 6.07) is 3.92. The summed E-state index contributed by atoms with van der Waals surface area (Å²) in [6.45, 7) is 6.21. The molecule has 0 bridgehead atoms. The molecule has 25 heavy (non-hydrogen) atoms. The highest BCUT2D eigenvalue weighted by Crippen LogP contribution is 2.34. The Balaban J connectivity index is 2.13. The lowest BCUT2D eigenvalue weighted by molar-refractivity contribution is -0.128. The monoisotopic (exact) mass is 346 g/mol. The van der Waals surface area contributed by atoms with Gasteiger partial charge in [0.2, 0.25) is 5.91 Å². The van der Waals surface area contributed by atoms with E-state index < -0.39 is 5.54 Å². The second kappa shape index (κ2) is 8.39. The van der Waals surface area contributed by atoms with Gasteiger partial charge in [-0.15, -0.1) is 6.58 Å². The highest BCUT2D eigenvalue weighted by molar-refractivity contribution is 5.80. The number of carbonyl (C=O) groups excluding carboxylic acids is 1. The van der Waals surface area contributed by atoms with Gasteiger partial charge in [-0.1, -0.05) is 18.9 Å². The van der Waals surface area contributed by atoms with Gasteiger partial charge in [0, 0.05) is 17.6 Å². The number of methoxy groups -OCH3 is 2. The van der Waals surface area contributed by atoms with Crippen molar-refractivity contribution in [3.05, 3.63) is 35.9 Å². The van der Waals surface area contributed by atoms with Crippen LogP contribution in [0.3, 0.4) is 0 Å². The normalized spacial score (nSPS) is 23.0. The van der Waals surface area contributed by atoms with Crippen LogP contribution in [-0.4, -0.2) is 25.7 Å². The summed E-state index contributed by atoms with van der Waals surface area (Å²) in [5, 5.41) is 3.04. The van der Waals surface area contributed by atoms with E-state index in [1.807, 2.05) is 25.1 Å². The highest BCUT2D eigenvalue weighted by atomic mass is 16.5. The largest absolute Gasteiger partial charge is 0.493 e. The number of benzene rings is 1. The molecule has 2 rings (SSSR count). The molecule has 1 amide bonds. The van der Waals surface area contributed by atoms with Crippen LogP contribution in [0.5, 0.6) is 11.5 Å². The zero-order valence-corrected chi connectivity index (χ0v) is 15.6. The molecule has 5 nitrogen and oxygen atoms in total. The first-order valence-electron chi connectivity index (χ1n) is 8.84. The van der Waals surface area contributed by atoms with Crippen LogP contribution in [-0.2, 0) is 17.8 Å². The van der Waals surface area contributed by atoms with Crippen molar-refractivity contribution in [2.45, 2.75) is 51.1 Å². The maximum Gasteiger partial charge on any atom is 0.225 e. The zero-order valence-electron chi connectivity index (χ0n) is 15.6. The molecule has 0 saturated heterocycles. The van der Waals surface area contributed by atoms with Crippen LogP contribution >= 0.6 is 0 Å². The fraction of sp³-hybridized carbons (Fsp3) is 0.550. The molecule has 1 saturated carbocycles. The second-order valence-electron chi connectivity index (χ2n) is 7.01. The molecule has 5 heteroatoms. The van der Waals surface area contributed by atoms with Gasteiger partial charge in [0.1, 0.15) is 0 Å². The van der Waals surface area contributed by atoms with Crippen LogP contribution < -0.4 is 20.5 Å². The first-order chi connectivity index (χ1) is 11.9. The Morgan fingerprint density at radius 1 is 1.40 bits per heavy atom. The van der Waals surface area contributed by atoms with Crippen molar-refractivity contribution in [1.29, 1.82) is 0 Å². The van der Waals surface area contributed by atoms with Crippen molar-refractivity contribution in [3.63, 3.8) is 0 Å². The Bertz CT molecular complexity index is 626. The molecular formula is C20H30N2O3. The van der Waals surface area contributed by atoms with E-state index in [1.165, 1.54) is 0 Å². The molecule has 0 aromatic heterocycles. The molecular weight excluding hydrogens is 316 g/mol. The topological polar surface area (TPSA) is 73.6 Å². The van der Waals surface area contributed by atoms with E-state index in [-0.39, 0.29) is 11.8 Å². The third-order valence-corrected chi connectivity index (χ3v) is 5.02. The molecule has 1 aliphatic rings. The third kappa shape index (κ3) is 4.54. The van der Waals surface area contributed by atoms with Crippen molar-refractivity contribution >= 4 is 5.91 Å². The molecule has 0 radical (unpaired) electrons. The highest BCUT2D eigenvalue weighted by Gasteiger charge is 2.37. The van der Waals surface area contributed by atoms with E-state index >= 15 is 0 Å². The lowest BCUT2D eigenvalue weighted by atomic mass is 9.74. The SMILES string of the molecule is C=CCc1cc(CNC(=O)C2CCCCC2(C)N)cc(OC)c1OC. The molecule has 1 aromatic rings. The van der Waals surface area contributed by atoms with Gasteiger partial charge >= 0.3 is 0 Å². The molecule has 2 unspecified atom stereocenters. The average Bonchev–Trinajstić information content (AvgIpc) is 2.59. The van der Waals surface area contributed by atoms with Gasteiger partial charge in [-0.3, -0.25) is 4.79 Å². The molecule has 138 valence electrons. The fourth-order valence-electron chi connectivity index (χ4n) is 3.62. The maximum absolute atomic E-state index is 12.6. The van der Waals surface area contributed by atoms with Crippen LogP contribution in [0.15, 0.2) is 24.8 Å². The van der Waals surface area contributed by atoms with Crippen molar-refractivity contribution in [2.75, 3.05) is 14.2 Å². The quantitative estimate of drug-likeness (QED) is 0.745. The number of carbonyl (C=O) groups is 1. The van der Waals surface area contributed by atoms with Crippen LogP contribution in [0.1, 0.15) is 43.7 Å². The second-order valence-corrected chi connectivity index (χ2v) is 7.01. The van der Waals surface area contributed by atoms with Crippen molar-refractivity contribution in [3.8, 4) is 11.5 Å². The molecule has 1 aromatic carbocycles. The maximum atomic E-state index is 12.6. The Morgan fingerprint density at radius 2 is 2.16 bits per heavy atom. The number of ether oxygens (including phenoxy) is 2. The smallest absolute Gasteiger partial charge is 0.225 e. The Morgan fingerprint density at radius 3 is 2.76 bits per heavy atom. The summed E-state index contributed by atoms with van der Waals surface area (Å²) in [6.07, 6.45) is 6.39. The minimum absolute atomic E-state index is 0.0322. The minimum Gasteiger partial charge on any atom is -0.493 e. The number of nitrogens with one attached hydrogen (secondary N) is 1. The van der Waals surface area contributed by atoms with Gasteiger partial charge in [0.15, 0.2) is 11.5 Å².